The molecule has 0 spiro atoms. The number of allylic oxidation sites excluding steroid dienone is 2. The van der Waals surface area contributed by atoms with Crippen LogP contribution in [0.25, 0.3) is 0 Å². The molecule has 4 aliphatic rings. The second-order valence-electron chi connectivity index (χ2n) is 11.3. The minimum absolute atomic E-state index is 0.0164. The Morgan fingerprint density at radius 3 is 2.55 bits per heavy atom. The number of fused-ring (bicyclic) bond motifs is 5. The third kappa shape index (κ3) is 3.99. The average molecular weight is 402 g/mol. The molecular weight excluding hydrogens is 358 g/mol. The van der Waals surface area contributed by atoms with Crippen LogP contribution in [-0.2, 0) is 9.53 Å². The lowest BCUT2D eigenvalue weighted by molar-refractivity contribution is -0.132. The number of Topliss-reactive ketones (excluding diaryl/α,β-unsaturated/α-hetero) is 1. The van der Waals surface area contributed by atoms with Crippen LogP contribution in [0.1, 0.15) is 78.1 Å². The van der Waals surface area contributed by atoms with Gasteiger partial charge in [0, 0.05) is 25.0 Å². The summed E-state index contributed by atoms with van der Waals surface area (Å²) in [6, 6.07) is 0. The van der Waals surface area contributed by atoms with E-state index in [1.165, 1.54) is 51.4 Å². The first-order valence-electron chi connectivity index (χ1n) is 12.3. The van der Waals surface area contributed by atoms with E-state index >= 15 is 0 Å². The molecule has 0 aromatic rings. The summed E-state index contributed by atoms with van der Waals surface area (Å²) in [6.07, 6.45) is 14.9. The molecular formula is C26H43NO2. The Morgan fingerprint density at radius 2 is 1.76 bits per heavy atom. The van der Waals surface area contributed by atoms with Crippen LogP contribution in [0.5, 0.6) is 0 Å². The fourth-order valence-electron chi connectivity index (χ4n) is 7.60. The Hall–Kier alpha value is -0.670. The van der Waals surface area contributed by atoms with Gasteiger partial charge in [-0.1, -0.05) is 25.5 Å². The van der Waals surface area contributed by atoms with Crippen LogP contribution in [0.2, 0.25) is 0 Å². The van der Waals surface area contributed by atoms with Gasteiger partial charge in [0.2, 0.25) is 0 Å². The first-order chi connectivity index (χ1) is 13.8. The van der Waals surface area contributed by atoms with Crippen molar-refractivity contribution in [3.8, 4) is 0 Å². The van der Waals surface area contributed by atoms with Crippen LogP contribution in [0, 0.1) is 34.5 Å². The van der Waals surface area contributed by atoms with E-state index in [0.717, 1.165) is 50.4 Å². The second-order valence-corrected chi connectivity index (χ2v) is 11.3. The van der Waals surface area contributed by atoms with Crippen molar-refractivity contribution in [2.45, 2.75) is 78.1 Å². The molecule has 0 N–H and O–H groups in total. The topological polar surface area (TPSA) is 29.5 Å². The van der Waals surface area contributed by atoms with Crippen molar-refractivity contribution in [2.24, 2.45) is 34.5 Å². The van der Waals surface area contributed by atoms with E-state index in [1.54, 1.807) is 5.57 Å². The lowest BCUT2D eigenvalue weighted by atomic mass is 9.47. The lowest BCUT2D eigenvalue weighted by Crippen LogP contribution is -2.50. The van der Waals surface area contributed by atoms with Crippen molar-refractivity contribution in [1.82, 2.24) is 4.90 Å². The van der Waals surface area contributed by atoms with Crippen molar-refractivity contribution in [3.05, 3.63) is 11.6 Å². The maximum Gasteiger partial charge on any atom is 0.139 e. The number of carbonyl (C=O) groups is 1. The molecule has 4 aliphatic carbocycles. The first-order valence-corrected chi connectivity index (χ1v) is 12.3. The molecule has 4 rings (SSSR count). The van der Waals surface area contributed by atoms with Gasteiger partial charge in [-0.3, -0.25) is 4.79 Å². The number of ether oxygens (including phenoxy) is 1. The summed E-state index contributed by atoms with van der Waals surface area (Å²) < 4.78 is 5.80. The van der Waals surface area contributed by atoms with Gasteiger partial charge in [0.1, 0.15) is 5.78 Å². The van der Waals surface area contributed by atoms with Crippen LogP contribution in [0.15, 0.2) is 11.6 Å². The van der Waals surface area contributed by atoms with E-state index in [9.17, 15) is 4.79 Å². The van der Waals surface area contributed by atoms with Gasteiger partial charge in [-0.15, -0.1) is 0 Å². The third-order valence-electron chi connectivity index (χ3n) is 9.46. The number of hydrogen-bond acceptors (Lipinski definition) is 3. The zero-order valence-corrected chi connectivity index (χ0v) is 19.3. The zero-order chi connectivity index (χ0) is 20.6. The molecule has 0 saturated heterocycles. The van der Waals surface area contributed by atoms with Crippen molar-refractivity contribution in [2.75, 3.05) is 33.9 Å². The minimum Gasteiger partial charge on any atom is -0.380 e. The largest absolute Gasteiger partial charge is 0.380 e. The second kappa shape index (κ2) is 8.46. The van der Waals surface area contributed by atoms with Gasteiger partial charge >= 0.3 is 0 Å². The summed E-state index contributed by atoms with van der Waals surface area (Å²) in [7, 11) is 4.20. The van der Waals surface area contributed by atoms with E-state index in [4.69, 9.17) is 4.74 Å². The van der Waals surface area contributed by atoms with E-state index < -0.39 is 0 Å². The molecule has 0 aliphatic heterocycles. The molecule has 0 heterocycles. The molecule has 6 atom stereocenters. The highest BCUT2D eigenvalue weighted by Crippen LogP contribution is 2.64. The quantitative estimate of drug-likeness (QED) is 0.417. The molecule has 3 heteroatoms. The van der Waals surface area contributed by atoms with Crippen molar-refractivity contribution >= 4 is 5.78 Å². The monoisotopic (exact) mass is 401 g/mol. The molecule has 0 radical (unpaired) electrons. The highest BCUT2D eigenvalue weighted by atomic mass is 16.5. The van der Waals surface area contributed by atoms with E-state index in [2.05, 4.69) is 38.9 Å². The molecule has 3 nitrogen and oxygen atoms in total. The molecule has 0 aromatic heterocycles. The van der Waals surface area contributed by atoms with E-state index in [-0.39, 0.29) is 5.41 Å². The first kappa shape index (κ1) is 21.6. The summed E-state index contributed by atoms with van der Waals surface area (Å²) in [4.78, 5) is 14.8. The lowest BCUT2D eigenvalue weighted by Gasteiger charge is -2.57. The van der Waals surface area contributed by atoms with E-state index in [1.807, 2.05) is 0 Å². The Labute approximate surface area is 178 Å². The molecule has 164 valence electrons. The number of likely N-dealkylation sites (N-methyl/N-ethyl adjacent to an activating group) is 1. The summed E-state index contributed by atoms with van der Waals surface area (Å²) >= 11 is 0. The normalized spacial score (nSPS) is 41.7. The maximum atomic E-state index is 12.6. The average Bonchev–Trinajstić information content (AvgIpc) is 2.99. The van der Waals surface area contributed by atoms with Gasteiger partial charge in [0.15, 0.2) is 0 Å². The Balaban J connectivity index is 1.35. The highest BCUT2D eigenvalue weighted by Gasteiger charge is 2.58. The van der Waals surface area contributed by atoms with Crippen LogP contribution in [0.3, 0.4) is 0 Å². The van der Waals surface area contributed by atoms with Gasteiger partial charge in [0.25, 0.3) is 0 Å². The van der Waals surface area contributed by atoms with E-state index in [0.29, 0.717) is 17.1 Å². The van der Waals surface area contributed by atoms with Crippen molar-refractivity contribution < 1.29 is 9.53 Å². The van der Waals surface area contributed by atoms with Gasteiger partial charge in [-0.2, -0.15) is 0 Å². The van der Waals surface area contributed by atoms with Crippen LogP contribution < -0.4 is 0 Å². The SMILES string of the molecule is CN(C)CCOCCCC1C=C2CCC3C(CC[C@]4(C)C(=O)CCC34)[C@@]2(C)CC1. The maximum absolute atomic E-state index is 12.6. The molecule has 29 heavy (non-hydrogen) atoms. The van der Waals surface area contributed by atoms with Gasteiger partial charge in [-0.05, 0) is 101 Å². The number of hydrogen-bond donors (Lipinski definition) is 0. The number of ketones is 1. The molecule has 3 fully saturated rings. The highest BCUT2D eigenvalue weighted by molar-refractivity contribution is 5.87. The van der Waals surface area contributed by atoms with Crippen molar-refractivity contribution in [1.29, 1.82) is 0 Å². The standard InChI is InChI=1S/C26H43NO2/c1-25-13-11-19(6-5-16-29-17-15-27(3)4)18-20(25)7-8-21-22-9-10-24(28)26(22,2)14-12-23(21)25/h18-19,21-23H,5-17H2,1-4H3/t19?,21?,22?,23?,25-,26-/m0/s1. The Bertz CT molecular complexity index is 641. The Morgan fingerprint density at radius 1 is 1.00 bits per heavy atom. The van der Waals surface area contributed by atoms with Crippen LogP contribution in [0.4, 0.5) is 0 Å². The molecule has 0 aromatic carbocycles. The molecule has 4 unspecified atom stereocenters. The minimum atomic E-state index is 0.0164. The predicted molar refractivity (Wildman–Crippen MR) is 119 cm³/mol. The smallest absolute Gasteiger partial charge is 0.139 e. The number of rotatable bonds is 7. The summed E-state index contributed by atoms with van der Waals surface area (Å²) in [6.45, 7) is 7.65. The summed E-state index contributed by atoms with van der Waals surface area (Å²) in [5.41, 5.74) is 2.20. The molecule has 0 bridgehead atoms. The summed E-state index contributed by atoms with van der Waals surface area (Å²) in [5, 5.41) is 0. The van der Waals surface area contributed by atoms with Crippen molar-refractivity contribution in [3.63, 3.8) is 0 Å². The number of nitrogens with zero attached hydrogens (tertiary/aromatic N) is 1. The fraction of sp³-hybridized carbons (Fsp3) is 0.885. The van der Waals surface area contributed by atoms with Crippen LogP contribution >= 0.6 is 0 Å². The molecule has 3 saturated carbocycles. The molecule has 0 amide bonds. The van der Waals surface area contributed by atoms with Gasteiger partial charge < -0.3 is 9.64 Å². The fourth-order valence-corrected chi connectivity index (χ4v) is 7.60. The third-order valence-corrected chi connectivity index (χ3v) is 9.46. The Kier molecular flexibility index (Phi) is 6.29. The summed E-state index contributed by atoms with van der Waals surface area (Å²) in [5.74, 6) is 3.62. The van der Waals surface area contributed by atoms with Gasteiger partial charge in [0.05, 0.1) is 6.61 Å². The van der Waals surface area contributed by atoms with Crippen LogP contribution in [-0.4, -0.2) is 44.5 Å². The number of carbonyl (C=O) groups excluding carboxylic acids is 1. The van der Waals surface area contributed by atoms with Gasteiger partial charge in [-0.25, -0.2) is 0 Å². The predicted octanol–water partition coefficient (Wildman–Crippen LogP) is 5.49. The zero-order valence-electron chi connectivity index (χ0n) is 19.3.